The van der Waals surface area contributed by atoms with Gasteiger partial charge in [-0.3, -0.25) is 14.4 Å². The number of nitrogens with one attached hydrogen (secondary N) is 2. The Morgan fingerprint density at radius 1 is 0.914 bits per heavy atom. The van der Waals surface area contributed by atoms with Crippen molar-refractivity contribution in [3.63, 3.8) is 0 Å². The molecule has 0 spiro atoms. The van der Waals surface area contributed by atoms with E-state index in [1.807, 2.05) is 0 Å². The number of rotatable bonds is 7. The third-order valence-corrected chi connectivity index (χ3v) is 7.66. The molecule has 0 atom stereocenters. The van der Waals surface area contributed by atoms with Crippen molar-refractivity contribution in [1.29, 1.82) is 0 Å². The molecule has 184 valence electrons. The number of nitrogens with zero attached hydrogens (tertiary/aromatic N) is 1. The van der Waals surface area contributed by atoms with E-state index in [1.165, 1.54) is 42.5 Å². The van der Waals surface area contributed by atoms with Crippen molar-refractivity contribution in [1.82, 2.24) is 4.90 Å². The molecule has 1 fully saturated rings. The van der Waals surface area contributed by atoms with E-state index < -0.39 is 10.0 Å². The van der Waals surface area contributed by atoms with Crippen LogP contribution in [0.5, 0.6) is 0 Å². The molecule has 1 aliphatic heterocycles. The minimum atomic E-state index is -3.85. The highest BCUT2D eigenvalue weighted by molar-refractivity contribution is 7.92. The zero-order valence-electron chi connectivity index (χ0n) is 18.7. The SMILES string of the molecule is O=C(Nc1ccc(S(=O)(=O)Nc2cc(Cl)cc(Cl)c2)cc1)C1CCN(Cc2ccc(F)cc2)CC1. The highest BCUT2D eigenvalue weighted by Gasteiger charge is 2.25. The highest BCUT2D eigenvalue weighted by atomic mass is 35.5. The summed E-state index contributed by atoms with van der Waals surface area (Å²) in [5, 5.41) is 3.51. The van der Waals surface area contributed by atoms with Gasteiger partial charge in [-0.15, -0.1) is 0 Å². The summed E-state index contributed by atoms with van der Waals surface area (Å²) in [6.07, 6.45) is 1.43. The molecule has 0 unspecified atom stereocenters. The molecule has 1 aliphatic rings. The quantitative estimate of drug-likeness (QED) is 0.401. The molecule has 10 heteroatoms. The molecule has 3 aromatic rings. The summed E-state index contributed by atoms with van der Waals surface area (Å²) < 4.78 is 40.9. The predicted molar refractivity (Wildman–Crippen MR) is 137 cm³/mol. The van der Waals surface area contributed by atoms with E-state index in [4.69, 9.17) is 23.2 Å². The number of carbonyl (C=O) groups excluding carboxylic acids is 1. The molecule has 1 amide bonds. The van der Waals surface area contributed by atoms with E-state index in [-0.39, 0.29) is 28.2 Å². The number of benzene rings is 3. The van der Waals surface area contributed by atoms with Crippen LogP contribution in [0.4, 0.5) is 15.8 Å². The molecule has 0 aliphatic carbocycles. The van der Waals surface area contributed by atoms with Crippen molar-refractivity contribution in [2.75, 3.05) is 23.1 Å². The van der Waals surface area contributed by atoms with Gasteiger partial charge in [-0.05, 0) is 86.1 Å². The summed E-state index contributed by atoms with van der Waals surface area (Å²) >= 11 is 11.9. The number of hydrogen-bond acceptors (Lipinski definition) is 4. The summed E-state index contributed by atoms with van der Waals surface area (Å²) in [6, 6.07) is 16.9. The maximum atomic E-state index is 13.1. The summed E-state index contributed by atoms with van der Waals surface area (Å²) in [5.41, 5.74) is 1.82. The summed E-state index contributed by atoms with van der Waals surface area (Å²) in [6.45, 7) is 2.26. The predicted octanol–water partition coefficient (Wildman–Crippen LogP) is 5.78. The fourth-order valence-corrected chi connectivity index (χ4v) is 5.56. The first kappa shape index (κ1) is 25.4. The van der Waals surface area contributed by atoms with Crippen molar-refractivity contribution < 1.29 is 17.6 Å². The third kappa shape index (κ3) is 6.95. The molecule has 0 aromatic heterocycles. The number of piperidine rings is 1. The van der Waals surface area contributed by atoms with E-state index in [2.05, 4.69) is 14.9 Å². The maximum Gasteiger partial charge on any atom is 0.261 e. The molecule has 2 N–H and O–H groups in total. The number of anilines is 2. The van der Waals surface area contributed by atoms with Crippen molar-refractivity contribution in [2.45, 2.75) is 24.3 Å². The number of likely N-dealkylation sites (tertiary alicyclic amines) is 1. The lowest BCUT2D eigenvalue weighted by Gasteiger charge is -2.31. The summed E-state index contributed by atoms with van der Waals surface area (Å²) in [4.78, 5) is 15.0. The smallest absolute Gasteiger partial charge is 0.261 e. The molecular formula is C25H24Cl2FN3O3S. The van der Waals surface area contributed by atoms with Gasteiger partial charge in [0.25, 0.3) is 10.0 Å². The average molecular weight is 536 g/mol. The monoisotopic (exact) mass is 535 g/mol. The van der Waals surface area contributed by atoms with Crippen LogP contribution in [0.3, 0.4) is 0 Å². The zero-order chi connectivity index (χ0) is 25.0. The van der Waals surface area contributed by atoms with Crippen LogP contribution < -0.4 is 10.0 Å². The lowest BCUT2D eigenvalue weighted by Crippen LogP contribution is -2.37. The molecule has 0 saturated carbocycles. The molecular weight excluding hydrogens is 512 g/mol. The second kappa shape index (κ2) is 11.0. The van der Waals surface area contributed by atoms with Crippen LogP contribution in [-0.4, -0.2) is 32.3 Å². The van der Waals surface area contributed by atoms with Gasteiger partial charge in [0.15, 0.2) is 0 Å². The van der Waals surface area contributed by atoms with E-state index >= 15 is 0 Å². The molecule has 1 heterocycles. The maximum absolute atomic E-state index is 13.1. The number of sulfonamides is 1. The number of amides is 1. The number of halogens is 3. The minimum Gasteiger partial charge on any atom is -0.326 e. The van der Waals surface area contributed by atoms with Gasteiger partial charge in [0.2, 0.25) is 5.91 Å². The molecule has 6 nitrogen and oxygen atoms in total. The molecule has 0 radical (unpaired) electrons. The molecule has 4 rings (SSSR count). The van der Waals surface area contributed by atoms with Crippen molar-refractivity contribution in [3.05, 3.63) is 88.2 Å². The summed E-state index contributed by atoms with van der Waals surface area (Å²) in [7, 11) is -3.85. The Morgan fingerprint density at radius 3 is 2.11 bits per heavy atom. The van der Waals surface area contributed by atoms with Gasteiger partial charge in [0, 0.05) is 28.2 Å². The van der Waals surface area contributed by atoms with Crippen molar-refractivity contribution >= 4 is 50.5 Å². The van der Waals surface area contributed by atoms with Crippen LogP contribution in [0.15, 0.2) is 71.6 Å². The Morgan fingerprint density at radius 2 is 1.51 bits per heavy atom. The fourth-order valence-electron chi connectivity index (χ4n) is 3.99. The lowest BCUT2D eigenvalue weighted by atomic mass is 9.95. The van der Waals surface area contributed by atoms with Gasteiger partial charge in [-0.25, -0.2) is 12.8 Å². The van der Waals surface area contributed by atoms with Crippen LogP contribution >= 0.6 is 23.2 Å². The first-order chi connectivity index (χ1) is 16.7. The van der Waals surface area contributed by atoms with Crippen molar-refractivity contribution in [2.24, 2.45) is 5.92 Å². The fraction of sp³-hybridized carbons (Fsp3) is 0.240. The second-order valence-corrected chi connectivity index (χ2v) is 11.0. The van der Waals surface area contributed by atoms with E-state index in [1.54, 1.807) is 24.3 Å². The van der Waals surface area contributed by atoms with Crippen LogP contribution in [0, 0.1) is 11.7 Å². The van der Waals surface area contributed by atoms with Crippen molar-refractivity contribution in [3.8, 4) is 0 Å². The Balaban J connectivity index is 1.30. The third-order valence-electron chi connectivity index (χ3n) is 5.82. The highest BCUT2D eigenvalue weighted by Crippen LogP contribution is 2.26. The summed E-state index contributed by atoms with van der Waals surface area (Å²) in [5.74, 6) is -0.470. The van der Waals surface area contributed by atoms with E-state index in [0.717, 1.165) is 25.2 Å². The van der Waals surface area contributed by atoms with Gasteiger partial charge in [0.05, 0.1) is 10.6 Å². The number of hydrogen-bond donors (Lipinski definition) is 2. The molecule has 1 saturated heterocycles. The van der Waals surface area contributed by atoms with Gasteiger partial charge in [-0.1, -0.05) is 35.3 Å². The van der Waals surface area contributed by atoms with Crippen LogP contribution in [0.1, 0.15) is 18.4 Å². The topological polar surface area (TPSA) is 78.5 Å². The first-order valence-electron chi connectivity index (χ1n) is 11.0. The molecule has 35 heavy (non-hydrogen) atoms. The van der Waals surface area contributed by atoms with Gasteiger partial charge in [-0.2, -0.15) is 0 Å². The standard InChI is InChI=1S/C25H24Cl2FN3O3S/c26-19-13-20(27)15-23(14-19)30-35(33,34)24-7-5-22(6-8-24)29-25(32)18-9-11-31(12-10-18)16-17-1-3-21(28)4-2-17/h1-8,13-15,18,30H,9-12,16H2,(H,29,32). The lowest BCUT2D eigenvalue weighted by molar-refractivity contribution is -0.121. The van der Waals surface area contributed by atoms with E-state index in [9.17, 15) is 17.6 Å². The zero-order valence-corrected chi connectivity index (χ0v) is 21.0. The normalized spacial score (nSPS) is 15.1. The van der Waals surface area contributed by atoms with Gasteiger partial charge in [0.1, 0.15) is 5.82 Å². The van der Waals surface area contributed by atoms with Gasteiger partial charge >= 0.3 is 0 Å². The Bertz CT molecular complexity index is 1270. The molecule has 0 bridgehead atoms. The Kier molecular flexibility index (Phi) is 7.96. The van der Waals surface area contributed by atoms with Crippen LogP contribution in [-0.2, 0) is 21.4 Å². The number of carbonyl (C=O) groups is 1. The largest absolute Gasteiger partial charge is 0.326 e. The first-order valence-corrected chi connectivity index (χ1v) is 13.3. The molecule has 3 aromatic carbocycles. The van der Waals surface area contributed by atoms with Crippen LogP contribution in [0.25, 0.3) is 0 Å². The Labute approximate surface area is 214 Å². The minimum absolute atomic E-state index is 0.0423. The van der Waals surface area contributed by atoms with Crippen LogP contribution in [0.2, 0.25) is 10.0 Å². The second-order valence-electron chi connectivity index (χ2n) is 8.45. The van der Waals surface area contributed by atoms with E-state index in [0.29, 0.717) is 28.6 Å². The van der Waals surface area contributed by atoms with Gasteiger partial charge < -0.3 is 5.32 Å². The Hall–Kier alpha value is -2.65. The average Bonchev–Trinajstić information content (AvgIpc) is 2.80.